The maximum Gasteiger partial charge on any atom is 0.407 e. The molecule has 0 aromatic carbocycles. The summed E-state index contributed by atoms with van der Waals surface area (Å²) in [6.07, 6.45) is 8.11. The number of nitrogens with one attached hydrogen (secondary N) is 2. The van der Waals surface area contributed by atoms with Gasteiger partial charge in [0.2, 0.25) is 0 Å². The molecule has 0 aliphatic carbocycles. The number of aromatic nitrogens is 3. The number of carbonyl (C=O) groups excluding carboxylic acids is 2. The van der Waals surface area contributed by atoms with E-state index in [0.29, 0.717) is 52.1 Å². The summed E-state index contributed by atoms with van der Waals surface area (Å²) in [4.78, 5) is 62.8. The number of nitrogens with two attached hydrogens (primary N) is 1. The van der Waals surface area contributed by atoms with E-state index < -0.39 is 29.3 Å². The van der Waals surface area contributed by atoms with Gasteiger partial charge in [0.15, 0.2) is 0 Å². The summed E-state index contributed by atoms with van der Waals surface area (Å²) < 4.78 is 23.3. The zero-order chi connectivity index (χ0) is 32.0. The van der Waals surface area contributed by atoms with Gasteiger partial charge in [-0.05, 0) is 45.1 Å². The van der Waals surface area contributed by atoms with Crippen molar-refractivity contribution >= 4 is 12.2 Å². The largest absolute Gasteiger partial charge is 0.447 e. The van der Waals surface area contributed by atoms with Crippen LogP contribution in [0.4, 0.5) is 9.59 Å². The van der Waals surface area contributed by atoms with Crippen LogP contribution in [0.5, 0.6) is 0 Å². The van der Waals surface area contributed by atoms with Gasteiger partial charge >= 0.3 is 29.3 Å². The normalized spacial score (nSPS) is 13.9. The maximum atomic E-state index is 13.2. The van der Waals surface area contributed by atoms with Crippen molar-refractivity contribution in [3.05, 3.63) is 31.5 Å². The summed E-state index contributed by atoms with van der Waals surface area (Å²) in [6.45, 7) is 3.64. The van der Waals surface area contributed by atoms with Crippen LogP contribution in [0, 0.1) is 0 Å². The van der Waals surface area contributed by atoms with E-state index in [1.165, 1.54) is 20.8 Å². The quantitative estimate of drug-likeness (QED) is 0.105. The van der Waals surface area contributed by atoms with Crippen LogP contribution in [0.25, 0.3) is 0 Å². The molecule has 1 aromatic rings. The summed E-state index contributed by atoms with van der Waals surface area (Å²) in [5, 5.41) is 5.37. The molecule has 0 spiro atoms. The van der Waals surface area contributed by atoms with Crippen LogP contribution < -0.4 is 33.4 Å². The number of amides is 2. The highest BCUT2D eigenvalue weighted by molar-refractivity contribution is 5.67. The Kier molecular flexibility index (Phi) is 18.8. The summed E-state index contributed by atoms with van der Waals surface area (Å²) in [7, 11) is 1.53. The zero-order valence-corrected chi connectivity index (χ0v) is 26.2. The van der Waals surface area contributed by atoms with Gasteiger partial charge in [0.1, 0.15) is 19.3 Å². The van der Waals surface area contributed by atoms with Gasteiger partial charge in [0.25, 0.3) is 0 Å². The highest BCUT2D eigenvalue weighted by Crippen LogP contribution is 2.08. The second-order valence-corrected chi connectivity index (χ2v) is 10.9. The molecular weight excluding hydrogens is 576 g/mol. The molecule has 0 bridgehead atoms. The minimum absolute atomic E-state index is 0.0253. The summed E-state index contributed by atoms with van der Waals surface area (Å²) in [5.41, 5.74) is 3.85. The van der Waals surface area contributed by atoms with Gasteiger partial charge in [-0.2, -0.15) is 0 Å². The Labute approximate surface area is 258 Å². The van der Waals surface area contributed by atoms with Gasteiger partial charge in [-0.15, -0.1) is 0 Å². The summed E-state index contributed by atoms with van der Waals surface area (Å²) in [5.74, 6) is 0. The van der Waals surface area contributed by atoms with Gasteiger partial charge in [0, 0.05) is 39.8 Å². The predicted octanol–water partition coefficient (Wildman–Crippen LogP) is 1.31. The Balaban J connectivity index is 1.85. The van der Waals surface area contributed by atoms with E-state index in [9.17, 15) is 24.0 Å². The number of ether oxygens (including phenoxy) is 4. The fourth-order valence-corrected chi connectivity index (χ4v) is 4.55. The molecule has 15 nitrogen and oxygen atoms in total. The first kappa shape index (κ1) is 37.0. The predicted molar refractivity (Wildman–Crippen MR) is 164 cm³/mol. The third-order valence-corrected chi connectivity index (χ3v) is 7.20. The fraction of sp³-hybridized carbons (Fsp3) is 0.828. The smallest absolute Gasteiger partial charge is 0.407 e. The second kappa shape index (κ2) is 22.4. The van der Waals surface area contributed by atoms with Gasteiger partial charge in [-0.25, -0.2) is 37.7 Å². The van der Waals surface area contributed by atoms with Crippen molar-refractivity contribution in [3.8, 4) is 0 Å². The molecule has 1 aliphatic rings. The molecule has 0 saturated carbocycles. The lowest BCUT2D eigenvalue weighted by Crippen LogP contribution is -2.54. The van der Waals surface area contributed by atoms with Crippen LogP contribution in [0.15, 0.2) is 14.4 Å². The highest BCUT2D eigenvalue weighted by atomic mass is 16.6. The average Bonchev–Trinajstić information content (AvgIpc) is 3.84. The van der Waals surface area contributed by atoms with Crippen LogP contribution in [0.3, 0.4) is 0 Å². The minimum atomic E-state index is -0.580. The van der Waals surface area contributed by atoms with Gasteiger partial charge in [0.05, 0.1) is 13.2 Å². The second-order valence-electron chi connectivity index (χ2n) is 10.9. The number of unbranched alkanes of at least 4 members (excludes halogenated alkanes) is 9. The lowest BCUT2D eigenvalue weighted by Gasteiger charge is -2.14. The van der Waals surface area contributed by atoms with Crippen LogP contribution in [-0.2, 0) is 38.6 Å². The number of alkyl carbamates (subject to hydrolysis) is 2. The van der Waals surface area contributed by atoms with Gasteiger partial charge < -0.3 is 35.3 Å². The maximum absolute atomic E-state index is 13.2. The third kappa shape index (κ3) is 15.0. The van der Waals surface area contributed by atoms with E-state index in [2.05, 4.69) is 10.6 Å². The minimum Gasteiger partial charge on any atom is -0.447 e. The Morgan fingerprint density at radius 2 is 1.14 bits per heavy atom. The van der Waals surface area contributed by atoms with Crippen LogP contribution in [-0.4, -0.2) is 85.2 Å². The molecule has 2 heterocycles. The number of methoxy groups -OCH3 is 1. The molecule has 1 saturated heterocycles. The van der Waals surface area contributed by atoms with Crippen molar-refractivity contribution in [2.24, 2.45) is 5.73 Å². The van der Waals surface area contributed by atoms with E-state index in [-0.39, 0.29) is 39.0 Å². The number of hydrogen-bond donors (Lipinski definition) is 3. The molecule has 4 N–H and O–H groups in total. The Bertz CT molecular complexity index is 1150. The number of carbonyl (C=O) groups is 2. The fourth-order valence-electron chi connectivity index (χ4n) is 4.55. The van der Waals surface area contributed by atoms with Crippen molar-refractivity contribution in [1.82, 2.24) is 24.3 Å². The van der Waals surface area contributed by atoms with E-state index in [0.717, 1.165) is 57.8 Å². The van der Waals surface area contributed by atoms with Crippen LogP contribution >= 0.6 is 0 Å². The SMILES string of the molecule is COCCOC(=O)NCCCCCCn1c(=O)n(CCCCCCN)c(=O)n(CCCCCCNC(=O)OCC2CO2)c1=O. The van der Waals surface area contributed by atoms with Crippen molar-refractivity contribution in [2.45, 2.75) is 103 Å². The first-order valence-electron chi connectivity index (χ1n) is 15.9. The third-order valence-electron chi connectivity index (χ3n) is 7.20. The molecule has 1 aliphatic heterocycles. The summed E-state index contributed by atoms with van der Waals surface area (Å²) >= 11 is 0. The van der Waals surface area contributed by atoms with Crippen molar-refractivity contribution in [2.75, 3.05) is 53.2 Å². The van der Waals surface area contributed by atoms with E-state index in [1.807, 2.05) is 0 Å². The molecule has 1 aromatic heterocycles. The van der Waals surface area contributed by atoms with E-state index in [1.54, 1.807) is 0 Å². The standard InChI is InChI=1S/C29H52N6O9/c1-41-20-21-42-25(36)31-15-9-3-6-12-18-34-27(38)33(17-11-5-2-8-14-30)28(39)35(29(34)40)19-13-7-4-10-16-32-26(37)44-23-24-22-43-24/h24H,2-23,30H2,1H3,(H,31,36)(H,32,37). The molecule has 15 heteroatoms. The van der Waals surface area contributed by atoms with Crippen molar-refractivity contribution in [3.63, 3.8) is 0 Å². The van der Waals surface area contributed by atoms with E-state index in [4.69, 9.17) is 24.7 Å². The Hall–Kier alpha value is -3.17. The molecule has 44 heavy (non-hydrogen) atoms. The number of rotatable bonds is 25. The van der Waals surface area contributed by atoms with Gasteiger partial charge in [-0.3, -0.25) is 0 Å². The number of hydrogen-bond acceptors (Lipinski definition) is 10. The summed E-state index contributed by atoms with van der Waals surface area (Å²) in [6, 6.07) is 0. The molecule has 2 rings (SSSR count). The molecule has 1 unspecified atom stereocenters. The Morgan fingerprint density at radius 3 is 1.57 bits per heavy atom. The Morgan fingerprint density at radius 1 is 0.705 bits per heavy atom. The molecule has 0 radical (unpaired) electrons. The molecule has 2 amide bonds. The zero-order valence-electron chi connectivity index (χ0n) is 26.2. The lowest BCUT2D eigenvalue weighted by molar-refractivity contribution is 0.0985. The highest BCUT2D eigenvalue weighted by Gasteiger charge is 2.24. The van der Waals surface area contributed by atoms with Crippen LogP contribution in [0.1, 0.15) is 77.0 Å². The lowest BCUT2D eigenvalue weighted by atomic mass is 10.2. The molecule has 1 atom stereocenters. The number of epoxide rings is 1. The topological polar surface area (TPSA) is 190 Å². The molecule has 252 valence electrons. The first-order valence-corrected chi connectivity index (χ1v) is 15.9. The van der Waals surface area contributed by atoms with Crippen LogP contribution in [0.2, 0.25) is 0 Å². The van der Waals surface area contributed by atoms with Crippen molar-refractivity contribution < 1.29 is 28.5 Å². The molecular formula is C29H52N6O9. The van der Waals surface area contributed by atoms with Gasteiger partial charge in [-0.1, -0.05) is 38.5 Å². The average molecular weight is 629 g/mol. The van der Waals surface area contributed by atoms with E-state index >= 15 is 0 Å². The van der Waals surface area contributed by atoms with Crippen molar-refractivity contribution in [1.29, 1.82) is 0 Å². The monoisotopic (exact) mass is 628 g/mol. The first-order chi connectivity index (χ1) is 21.4. The number of nitrogens with zero attached hydrogens (tertiary/aromatic N) is 3. The molecule has 1 fully saturated rings.